The number of carbonyl (C=O) groups excluding carboxylic acids is 2. The molecule has 7 heteroatoms. The molecule has 1 atom stereocenters. The van der Waals surface area contributed by atoms with Crippen LogP contribution in [0.4, 0.5) is 0 Å². The van der Waals surface area contributed by atoms with E-state index in [1.807, 2.05) is 0 Å². The van der Waals surface area contributed by atoms with Crippen molar-refractivity contribution >= 4 is 17.8 Å². The zero-order valence-electron chi connectivity index (χ0n) is 13.7. The van der Waals surface area contributed by atoms with Crippen molar-refractivity contribution in [2.24, 2.45) is 5.92 Å². The van der Waals surface area contributed by atoms with Gasteiger partial charge in [-0.3, -0.25) is 14.4 Å². The van der Waals surface area contributed by atoms with E-state index in [1.54, 1.807) is 38.1 Å². The highest BCUT2D eigenvalue weighted by molar-refractivity contribution is 5.98. The number of nitrogens with zero attached hydrogens (tertiary/aromatic N) is 1. The van der Waals surface area contributed by atoms with Gasteiger partial charge in [0.25, 0.3) is 5.91 Å². The molecule has 0 aliphatic carbocycles. The van der Waals surface area contributed by atoms with Crippen LogP contribution in [0.15, 0.2) is 24.3 Å². The molecule has 0 saturated heterocycles. The minimum atomic E-state index is -1.11. The Morgan fingerprint density at radius 2 is 1.78 bits per heavy atom. The number of likely N-dealkylation sites (N-methyl/N-ethyl adjacent to an activating group) is 1. The largest absolute Gasteiger partial charge is 0.497 e. The molecular weight excluding hydrogens is 300 g/mol. The third-order valence-electron chi connectivity index (χ3n) is 3.32. The fourth-order valence-electron chi connectivity index (χ4n) is 2.00. The monoisotopic (exact) mass is 322 g/mol. The number of rotatable bonds is 7. The van der Waals surface area contributed by atoms with E-state index >= 15 is 0 Å². The number of nitrogens with one attached hydrogen (secondary N) is 1. The second kappa shape index (κ2) is 8.17. The van der Waals surface area contributed by atoms with Crippen molar-refractivity contribution in [1.82, 2.24) is 10.2 Å². The van der Waals surface area contributed by atoms with Gasteiger partial charge in [0, 0.05) is 12.6 Å². The zero-order valence-corrected chi connectivity index (χ0v) is 13.7. The lowest BCUT2D eigenvalue weighted by molar-refractivity contribution is -0.144. The van der Waals surface area contributed by atoms with Gasteiger partial charge >= 0.3 is 5.97 Å². The third kappa shape index (κ3) is 5.28. The molecule has 0 heterocycles. The van der Waals surface area contributed by atoms with Crippen molar-refractivity contribution < 1.29 is 24.2 Å². The highest BCUT2D eigenvalue weighted by Crippen LogP contribution is 2.12. The van der Waals surface area contributed by atoms with E-state index in [0.29, 0.717) is 11.3 Å². The number of methoxy groups -OCH3 is 1. The van der Waals surface area contributed by atoms with Crippen LogP contribution in [-0.4, -0.2) is 54.5 Å². The van der Waals surface area contributed by atoms with Gasteiger partial charge in [0.2, 0.25) is 5.91 Å². The molecule has 2 amide bonds. The Morgan fingerprint density at radius 3 is 2.22 bits per heavy atom. The SMILES string of the molecule is COc1ccc(C(=O)NC(C(=O)N(C)CC(=O)O)C(C)C)cc1. The number of aliphatic carboxylic acids is 1. The average molecular weight is 322 g/mol. The summed E-state index contributed by atoms with van der Waals surface area (Å²) in [4.78, 5) is 36.4. The number of carboxylic acid groups (broad SMARTS) is 1. The van der Waals surface area contributed by atoms with Gasteiger partial charge < -0.3 is 20.1 Å². The Kier molecular flexibility index (Phi) is 6.56. The van der Waals surface area contributed by atoms with Crippen molar-refractivity contribution in [3.63, 3.8) is 0 Å². The summed E-state index contributed by atoms with van der Waals surface area (Å²) in [6, 6.07) is 5.69. The summed E-state index contributed by atoms with van der Waals surface area (Å²) in [6.45, 7) is 3.15. The Balaban J connectivity index is 2.83. The van der Waals surface area contributed by atoms with Crippen molar-refractivity contribution in [1.29, 1.82) is 0 Å². The lowest BCUT2D eigenvalue weighted by atomic mass is 10.0. The minimum absolute atomic E-state index is 0.180. The first-order valence-corrected chi connectivity index (χ1v) is 7.18. The smallest absolute Gasteiger partial charge is 0.323 e. The molecule has 1 unspecified atom stereocenters. The van der Waals surface area contributed by atoms with E-state index < -0.39 is 30.4 Å². The quantitative estimate of drug-likeness (QED) is 0.780. The maximum absolute atomic E-state index is 12.3. The number of ether oxygens (including phenoxy) is 1. The van der Waals surface area contributed by atoms with E-state index in [2.05, 4.69) is 5.32 Å². The van der Waals surface area contributed by atoms with Crippen LogP contribution in [0.3, 0.4) is 0 Å². The Morgan fingerprint density at radius 1 is 1.22 bits per heavy atom. The summed E-state index contributed by atoms with van der Waals surface area (Å²) in [7, 11) is 2.92. The maximum Gasteiger partial charge on any atom is 0.323 e. The summed E-state index contributed by atoms with van der Waals surface area (Å²) in [5.74, 6) is -1.50. The topological polar surface area (TPSA) is 95.9 Å². The van der Waals surface area contributed by atoms with Gasteiger partial charge in [-0.2, -0.15) is 0 Å². The molecule has 1 aromatic carbocycles. The first-order valence-electron chi connectivity index (χ1n) is 7.18. The highest BCUT2D eigenvalue weighted by atomic mass is 16.5. The molecule has 0 aliphatic rings. The molecule has 23 heavy (non-hydrogen) atoms. The van der Waals surface area contributed by atoms with E-state index in [-0.39, 0.29) is 5.92 Å². The predicted molar refractivity (Wildman–Crippen MR) is 84.4 cm³/mol. The predicted octanol–water partition coefficient (Wildman–Crippen LogP) is 0.993. The lowest BCUT2D eigenvalue weighted by Crippen LogP contribution is -2.51. The molecule has 1 rings (SSSR count). The number of hydrogen-bond acceptors (Lipinski definition) is 4. The molecule has 0 aliphatic heterocycles. The van der Waals surface area contributed by atoms with Crippen molar-refractivity contribution in [2.75, 3.05) is 20.7 Å². The summed E-state index contributed by atoms with van der Waals surface area (Å²) < 4.78 is 5.03. The van der Waals surface area contributed by atoms with E-state index in [1.165, 1.54) is 14.2 Å². The first-order chi connectivity index (χ1) is 10.8. The van der Waals surface area contributed by atoms with E-state index in [9.17, 15) is 14.4 Å². The van der Waals surface area contributed by atoms with Crippen LogP contribution in [0.1, 0.15) is 24.2 Å². The van der Waals surface area contributed by atoms with Crippen LogP contribution in [0, 0.1) is 5.92 Å². The van der Waals surface area contributed by atoms with Gasteiger partial charge in [0.05, 0.1) is 7.11 Å². The van der Waals surface area contributed by atoms with Gasteiger partial charge in [0.15, 0.2) is 0 Å². The Hall–Kier alpha value is -2.57. The molecule has 0 radical (unpaired) electrons. The normalized spacial score (nSPS) is 11.7. The second-order valence-corrected chi connectivity index (χ2v) is 5.51. The molecule has 0 aromatic heterocycles. The standard InChI is InChI=1S/C16H22N2O5/c1-10(2)14(16(22)18(3)9-13(19)20)17-15(21)11-5-7-12(23-4)8-6-11/h5-8,10,14H,9H2,1-4H3,(H,17,21)(H,19,20). The number of hydrogen-bond donors (Lipinski definition) is 2. The number of carboxylic acids is 1. The fourth-order valence-corrected chi connectivity index (χ4v) is 2.00. The van der Waals surface area contributed by atoms with Crippen LogP contribution in [0.2, 0.25) is 0 Å². The van der Waals surface area contributed by atoms with Crippen molar-refractivity contribution in [2.45, 2.75) is 19.9 Å². The van der Waals surface area contributed by atoms with Crippen LogP contribution in [0.25, 0.3) is 0 Å². The van der Waals surface area contributed by atoms with Gasteiger partial charge in [-0.05, 0) is 30.2 Å². The van der Waals surface area contributed by atoms with Gasteiger partial charge in [-0.25, -0.2) is 0 Å². The first kappa shape index (κ1) is 18.5. The number of amides is 2. The molecule has 0 saturated carbocycles. The Bertz CT molecular complexity index is 568. The number of benzene rings is 1. The van der Waals surface area contributed by atoms with E-state index in [4.69, 9.17) is 9.84 Å². The van der Waals surface area contributed by atoms with Crippen LogP contribution < -0.4 is 10.1 Å². The lowest BCUT2D eigenvalue weighted by Gasteiger charge is -2.26. The maximum atomic E-state index is 12.3. The van der Waals surface area contributed by atoms with Crippen molar-refractivity contribution in [3.05, 3.63) is 29.8 Å². The van der Waals surface area contributed by atoms with Crippen molar-refractivity contribution in [3.8, 4) is 5.75 Å². The van der Waals surface area contributed by atoms with Gasteiger partial charge in [0.1, 0.15) is 18.3 Å². The second-order valence-electron chi connectivity index (χ2n) is 5.51. The number of carbonyl (C=O) groups is 3. The zero-order chi connectivity index (χ0) is 17.6. The molecule has 0 spiro atoms. The molecule has 7 nitrogen and oxygen atoms in total. The van der Waals surface area contributed by atoms with E-state index in [0.717, 1.165) is 4.90 Å². The molecule has 126 valence electrons. The summed E-state index contributed by atoms with van der Waals surface area (Å²) in [5, 5.41) is 11.4. The Labute approximate surface area is 135 Å². The van der Waals surface area contributed by atoms with Gasteiger partial charge in [-0.1, -0.05) is 13.8 Å². The van der Waals surface area contributed by atoms with Crippen LogP contribution in [-0.2, 0) is 9.59 Å². The molecule has 0 bridgehead atoms. The van der Waals surface area contributed by atoms with Crippen LogP contribution in [0.5, 0.6) is 5.75 Å². The minimum Gasteiger partial charge on any atom is -0.497 e. The summed E-state index contributed by atoms with van der Waals surface area (Å²) in [5.41, 5.74) is 0.394. The van der Waals surface area contributed by atoms with Gasteiger partial charge in [-0.15, -0.1) is 0 Å². The third-order valence-corrected chi connectivity index (χ3v) is 3.32. The molecule has 2 N–H and O–H groups in total. The highest BCUT2D eigenvalue weighted by Gasteiger charge is 2.28. The molecule has 1 aromatic rings. The fraction of sp³-hybridized carbons (Fsp3) is 0.438. The summed E-state index contributed by atoms with van der Waals surface area (Å²) in [6.07, 6.45) is 0. The molecule has 0 fully saturated rings. The average Bonchev–Trinajstić information content (AvgIpc) is 2.50. The molecular formula is C16H22N2O5. The van der Waals surface area contributed by atoms with Crippen LogP contribution >= 0.6 is 0 Å². The summed E-state index contributed by atoms with van der Waals surface area (Å²) >= 11 is 0.